The van der Waals surface area contributed by atoms with Gasteiger partial charge < -0.3 is 10.4 Å². The zero-order chi connectivity index (χ0) is 30.4. The molecule has 0 aliphatic carbocycles. The number of sulfone groups is 1. The summed E-state index contributed by atoms with van der Waals surface area (Å²) < 4.78 is 28.9. The molecule has 0 saturated heterocycles. The van der Waals surface area contributed by atoms with Crippen molar-refractivity contribution in [3.63, 3.8) is 0 Å². The van der Waals surface area contributed by atoms with E-state index in [1.165, 1.54) is 23.7 Å². The van der Waals surface area contributed by atoms with Gasteiger partial charge in [-0.05, 0) is 60.4 Å². The number of benzene rings is 2. The number of hydrogen-bond acceptors (Lipinski definition) is 8. The van der Waals surface area contributed by atoms with Crippen LogP contribution in [0.2, 0.25) is 0 Å². The van der Waals surface area contributed by atoms with Gasteiger partial charge in [0.15, 0.2) is 4.90 Å². The van der Waals surface area contributed by atoms with Crippen LogP contribution in [0.15, 0.2) is 81.3 Å². The van der Waals surface area contributed by atoms with Gasteiger partial charge >= 0.3 is 0 Å². The predicted molar refractivity (Wildman–Crippen MR) is 157 cm³/mol. The van der Waals surface area contributed by atoms with Crippen LogP contribution in [0.25, 0.3) is 11.1 Å². The summed E-state index contributed by atoms with van der Waals surface area (Å²) in [5, 5.41) is 22.7. The van der Waals surface area contributed by atoms with E-state index in [1.54, 1.807) is 54.6 Å². The molecule has 1 atom stereocenters. The van der Waals surface area contributed by atoms with Crippen LogP contribution < -0.4 is 10.9 Å². The van der Waals surface area contributed by atoms with Gasteiger partial charge in [-0.25, -0.2) is 13.4 Å². The van der Waals surface area contributed by atoms with Gasteiger partial charge in [0.25, 0.3) is 11.5 Å². The van der Waals surface area contributed by atoms with Crippen molar-refractivity contribution in [3.8, 4) is 23.1 Å². The lowest BCUT2D eigenvalue weighted by Gasteiger charge is -2.22. The Kier molecular flexibility index (Phi) is 9.18. The summed E-state index contributed by atoms with van der Waals surface area (Å²) in [6.07, 6.45) is 2.13. The minimum atomic E-state index is -4.50. The molecule has 0 bridgehead atoms. The number of hydrogen-bond donors (Lipinski definition) is 2. The number of carbonyl (C=O) groups is 1. The van der Waals surface area contributed by atoms with Crippen molar-refractivity contribution in [1.29, 1.82) is 5.26 Å². The van der Waals surface area contributed by atoms with E-state index in [-0.39, 0.29) is 22.3 Å². The highest BCUT2D eigenvalue weighted by atomic mass is 32.2. The fraction of sp³-hybridized carbons (Fsp3) is 0.258. The number of nitrogens with one attached hydrogen (secondary N) is 1. The largest absolute Gasteiger partial charge is 0.492 e. The lowest BCUT2D eigenvalue weighted by Crippen LogP contribution is -2.34. The summed E-state index contributed by atoms with van der Waals surface area (Å²) in [7, 11) is -2.97. The Morgan fingerprint density at radius 2 is 1.76 bits per heavy atom. The molecule has 0 fully saturated rings. The Labute approximate surface area is 244 Å². The maximum absolute atomic E-state index is 14.0. The molecule has 0 spiro atoms. The topological polar surface area (TPSA) is 155 Å². The average molecular weight is 586 g/mol. The molecule has 216 valence electrons. The van der Waals surface area contributed by atoms with E-state index < -0.39 is 32.2 Å². The highest BCUT2D eigenvalue weighted by molar-refractivity contribution is 7.91. The summed E-state index contributed by atoms with van der Waals surface area (Å²) in [6.45, 7) is 3.79. The number of aromatic nitrogens is 3. The van der Waals surface area contributed by atoms with Crippen LogP contribution in [0, 0.1) is 11.3 Å². The highest BCUT2D eigenvalue weighted by Crippen LogP contribution is 2.30. The molecule has 2 aromatic carbocycles. The maximum Gasteiger partial charge on any atom is 0.277 e. The van der Waals surface area contributed by atoms with E-state index in [4.69, 9.17) is 0 Å². The molecule has 10 nitrogen and oxygen atoms in total. The lowest BCUT2D eigenvalue weighted by atomic mass is 10.0. The normalized spacial score (nSPS) is 12.0. The quantitative estimate of drug-likeness (QED) is 0.277. The van der Waals surface area contributed by atoms with Gasteiger partial charge in [0.2, 0.25) is 15.7 Å². The molecule has 2 aromatic heterocycles. The van der Waals surface area contributed by atoms with Gasteiger partial charge in [0.1, 0.15) is 17.6 Å². The van der Waals surface area contributed by atoms with Crippen molar-refractivity contribution in [3.05, 3.63) is 99.9 Å². The second-order valence-corrected chi connectivity index (χ2v) is 11.5. The van der Waals surface area contributed by atoms with Gasteiger partial charge in [0, 0.05) is 19.0 Å². The predicted octanol–water partition coefficient (Wildman–Crippen LogP) is 4.42. The summed E-state index contributed by atoms with van der Waals surface area (Å²) in [5.41, 5.74) is 1.47. The number of pyridine rings is 1. The number of carbonyl (C=O) groups excluding carboxylic acids is 1. The van der Waals surface area contributed by atoms with Crippen LogP contribution in [0.5, 0.6) is 5.88 Å². The molecule has 11 heteroatoms. The number of aromatic hydroxyl groups is 1. The SMILES string of the molecule is CCCCc1nc(O)c(S(=O)(=O)c2ccc(-c3cccc(C(=O)NC)c3)cc2)c(=O)n1[C@@H](CC)c1cccc(C#N)n1. The number of unbranched alkanes of at least 4 members (excludes halogenated alkanes) is 1. The van der Waals surface area contributed by atoms with Crippen LogP contribution in [0.1, 0.15) is 66.7 Å². The minimum Gasteiger partial charge on any atom is -0.492 e. The number of rotatable bonds is 10. The van der Waals surface area contributed by atoms with Crippen LogP contribution in [-0.2, 0) is 16.3 Å². The minimum absolute atomic E-state index is 0.162. The van der Waals surface area contributed by atoms with Crippen molar-refractivity contribution in [2.75, 3.05) is 7.05 Å². The van der Waals surface area contributed by atoms with E-state index in [2.05, 4.69) is 15.3 Å². The second-order valence-electron chi connectivity index (χ2n) is 9.63. The molecular weight excluding hydrogens is 554 g/mol. The van der Waals surface area contributed by atoms with Crippen LogP contribution in [0.4, 0.5) is 0 Å². The Bertz CT molecular complexity index is 1830. The Balaban J connectivity index is 1.83. The van der Waals surface area contributed by atoms with Gasteiger partial charge in [-0.3, -0.25) is 14.2 Å². The zero-order valence-electron chi connectivity index (χ0n) is 23.5. The van der Waals surface area contributed by atoms with Gasteiger partial charge in [0.05, 0.1) is 16.6 Å². The van der Waals surface area contributed by atoms with E-state index in [9.17, 15) is 28.4 Å². The molecule has 1 amide bonds. The van der Waals surface area contributed by atoms with Gasteiger partial charge in [-0.2, -0.15) is 10.2 Å². The van der Waals surface area contributed by atoms with Crippen molar-refractivity contribution >= 4 is 15.7 Å². The Morgan fingerprint density at radius 3 is 2.40 bits per heavy atom. The standard InChI is InChI=1S/C31H31N5O5S/c1-4-6-13-27-35-30(38)28(31(39)36(27)26(5-2)25-12-8-11-23(19-32)34-25)42(40,41)24-16-14-20(15-17-24)21-9-7-10-22(18-21)29(37)33-3/h7-12,14-18,26,38H,4-6,13H2,1-3H3,(H,33,37)/t26-/m0/s1. The van der Waals surface area contributed by atoms with Crippen molar-refractivity contribution in [1.82, 2.24) is 19.9 Å². The first-order chi connectivity index (χ1) is 20.2. The number of nitrogens with zero attached hydrogens (tertiary/aromatic N) is 4. The summed E-state index contributed by atoms with van der Waals surface area (Å²) >= 11 is 0. The van der Waals surface area contributed by atoms with Crippen molar-refractivity contribution in [2.24, 2.45) is 0 Å². The number of amides is 1. The molecule has 4 rings (SSSR count). The monoisotopic (exact) mass is 585 g/mol. The first kappa shape index (κ1) is 30.1. The third kappa shape index (κ3) is 5.94. The summed E-state index contributed by atoms with van der Waals surface area (Å²) in [5.74, 6) is -0.878. The smallest absolute Gasteiger partial charge is 0.277 e. The number of aryl methyl sites for hydroxylation is 1. The fourth-order valence-corrected chi connectivity index (χ4v) is 6.11. The van der Waals surface area contributed by atoms with Crippen molar-refractivity contribution in [2.45, 2.75) is 55.4 Å². The first-order valence-electron chi connectivity index (χ1n) is 13.5. The highest BCUT2D eigenvalue weighted by Gasteiger charge is 2.32. The Morgan fingerprint density at radius 1 is 1.05 bits per heavy atom. The second kappa shape index (κ2) is 12.8. The molecule has 0 aliphatic rings. The van der Waals surface area contributed by atoms with Crippen molar-refractivity contribution < 1.29 is 18.3 Å². The molecule has 4 aromatic rings. The van der Waals surface area contributed by atoms with Gasteiger partial charge in [-0.1, -0.05) is 50.6 Å². The van der Waals surface area contributed by atoms with Crippen LogP contribution >= 0.6 is 0 Å². The van der Waals surface area contributed by atoms with E-state index in [1.807, 2.05) is 19.9 Å². The van der Waals surface area contributed by atoms with Crippen LogP contribution in [-0.4, -0.2) is 41.0 Å². The van der Waals surface area contributed by atoms with E-state index in [0.29, 0.717) is 41.6 Å². The van der Waals surface area contributed by atoms with E-state index in [0.717, 1.165) is 6.42 Å². The first-order valence-corrected chi connectivity index (χ1v) is 15.0. The molecular formula is C31H31N5O5S. The van der Waals surface area contributed by atoms with Gasteiger partial charge in [-0.15, -0.1) is 0 Å². The third-order valence-corrected chi connectivity index (χ3v) is 8.71. The van der Waals surface area contributed by atoms with Crippen LogP contribution in [0.3, 0.4) is 0 Å². The molecule has 42 heavy (non-hydrogen) atoms. The summed E-state index contributed by atoms with van der Waals surface area (Å²) in [6, 6.07) is 18.8. The lowest BCUT2D eigenvalue weighted by molar-refractivity contribution is 0.0963. The molecule has 0 unspecified atom stereocenters. The van der Waals surface area contributed by atoms with E-state index >= 15 is 0 Å². The average Bonchev–Trinajstić information content (AvgIpc) is 3.01. The maximum atomic E-state index is 14.0. The number of nitriles is 1. The zero-order valence-corrected chi connectivity index (χ0v) is 24.4. The molecule has 2 N–H and O–H groups in total. The Hall–Kier alpha value is -4.82. The molecule has 0 saturated carbocycles. The third-order valence-electron chi connectivity index (χ3n) is 6.93. The molecule has 2 heterocycles. The fourth-order valence-electron chi connectivity index (χ4n) is 4.77. The molecule has 0 radical (unpaired) electrons. The summed E-state index contributed by atoms with van der Waals surface area (Å²) in [4.78, 5) is 33.6. The molecule has 0 aliphatic heterocycles.